The number of nitrogens with one attached hydrogen (secondary N) is 1. The van der Waals surface area contributed by atoms with Crippen LogP contribution in [0, 0.1) is 18.7 Å². The van der Waals surface area contributed by atoms with Gasteiger partial charge in [-0.3, -0.25) is 0 Å². The minimum atomic E-state index is -3.93. The second-order valence-electron chi connectivity index (χ2n) is 6.53. The first-order chi connectivity index (χ1) is 12.3. The zero-order valence-corrected chi connectivity index (χ0v) is 15.3. The molecule has 0 aliphatic heterocycles. The maximum atomic E-state index is 13.8. The van der Waals surface area contributed by atoms with Crippen LogP contribution >= 0.6 is 0 Å². The van der Waals surface area contributed by atoms with E-state index in [9.17, 15) is 17.9 Å². The third kappa shape index (κ3) is 3.87. The van der Waals surface area contributed by atoms with Crippen LogP contribution in [0.2, 0.25) is 0 Å². The maximum Gasteiger partial charge on any atom is 0.241 e. The van der Waals surface area contributed by atoms with E-state index in [0.29, 0.717) is 29.8 Å². The van der Waals surface area contributed by atoms with Crippen LogP contribution in [-0.4, -0.2) is 31.7 Å². The van der Waals surface area contributed by atoms with E-state index in [0.717, 1.165) is 6.07 Å². The first-order valence-corrected chi connectivity index (χ1v) is 9.75. The Morgan fingerprint density at radius 2 is 2.04 bits per heavy atom. The van der Waals surface area contributed by atoms with Gasteiger partial charge < -0.3 is 9.84 Å². The lowest BCUT2D eigenvalue weighted by Crippen LogP contribution is -2.41. The number of hydrogen-bond donors (Lipinski definition) is 2. The number of aryl methyl sites for hydroxylation is 1. The Hall–Kier alpha value is -2.03. The molecule has 1 aliphatic carbocycles. The molecule has 1 aromatic carbocycles. The highest BCUT2D eigenvalue weighted by Gasteiger charge is 2.37. The van der Waals surface area contributed by atoms with Gasteiger partial charge in [-0.05, 0) is 48.9 Å². The van der Waals surface area contributed by atoms with Gasteiger partial charge in [-0.1, -0.05) is 12.1 Å². The fraction of sp³-hybridized carbons (Fsp3) is 0.389. The van der Waals surface area contributed by atoms with E-state index in [4.69, 9.17) is 4.74 Å². The average molecular weight is 380 g/mol. The van der Waals surface area contributed by atoms with Crippen LogP contribution in [0.5, 0.6) is 5.88 Å². The largest absolute Gasteiger partial charge is 0.481 e. The van der Waals surface area contributed by atoms with Crippen molar-refractivity contribution >= 4 is 10.0 Å². The van der Waals surface area contributed by atoms with Crippen molar-refractivity contribution in [3.05, 3.63) is 53.5 Å². The van der Waals surface area contributed by atoms with E-state index in [2.05, 4.69) is 9.71 Å². The minimum absolute atomic E-state index is 0.0646. The van der Waals surface area contributed by atoms with E-state index in [1.807, 2.05) is 0 Å². The number of benzene rings is 1. The van der Waals surface area contributed by atoms with Gasteiger partial charge >= 0.3 is 0 Å². The van der Waals surface area contributed by atoms with Crippen molar-refractivity contribution in [3.63, 3.8) is 0 Å². The molecule has 1 heterocycles. The molecular formula is C18H21FN2O4S. The standard InChI is InChI=1S/C18H21FN2O4S/c1-11-3-5-15(9-16(11)19)26(23,24)21-18(13-7-14(22)8-13)12-4-6-17(25-2)20-10-12/h3-6,9-10,13-14,18,21-22H,7-8H2,1-2H3. The zero-order valence-electron chi connectivity index (χ0n) is 14.5. The van der Waals surface area contributed by atoms with Crippen molar-refractivity contribution in [1.82, 2.24) is 9.71 Å². The Bertz CT molecular complexity index is 881. The van der Waals surface area contributed by atoms with Crippen molar-refractivity contribution in [1.29, 1.82) is 0 Å². The topological polar surface area (TPSA) is 88.5 Å². The SMILES string of the molecule is COc1ccc(C(NS(=O)(=O)c2ccc(C)c(F)c2)C2CC(O)C2)cn1. The van der Waals surface area contributed by atoms with Gasteiger partial charge in [-0.25, -0.2) is 22.5 Å². The summed E-state index contributed by atoms with van der Waals surface area (Å²) >= 11 is 0. The van der Waals surface area contributed by atoms with Crippen LogP contribution in [-0.2, 0) is 10.0 Å². The van der Waals surface area contributed by atoms with Gasteiger partial charge in [0.2, 0.25) is 15.9 Å². The molecular weight excluding hydrogens is 359 g/mol. The third-order valence-electron chi connectivity index (χ3n) is 4.68. The predicted octanol–water partition coefficient (Wildman–Crippen LogP) is 2.33. The monoisotopic (exact) mass is 380 g/mol. The van der Waals surface area contributed by atoms with E-state index >= 15 is 0 Å². The first-order valence-electron chi connectivity index (χ1n) is 8.26. The molecule has 0 radical (unpaired) electrons. The Labute approximate surface area is 152 Å². The molecule has 8 heteroatoms. The molecule has 0 spiro atoms. The Morgan fingerprint density at radius 1 is 1.31 bits per heavy atom. The van der Waals surface area contributed by atoms with Gasteiger partial charge in [0.15, 0.2) is 0 Å². The van der Waals surface area contributed by atoms with Crippen molar-refractivity contribution in [2.24, 2.45) is 5.92 Å². The number of aliphatic hydroxyl groups excluding tert-OH is 1. The van der Waals surface area contributed by atoms with Crippen LogP contribution in [0.15, 0.2) is 41.4 Å². The van der Waals surface area contributed by atoms with Gasteiger partial charge in [0.25, 0.3) is 0 Å². The molecule has 140 valence electrons. The average Bonchev–Trinajstić information content (AvgIpc) is 2.59. The number of methoxy groups -OCH3 is 1. The Balaban J connectivity index is 1.90. The molecule has 3 rings (SSSR count). The molecule has 1 atom stereocenters. The summed E-state index contributed by atoms with van der Waals surface area (Å²) in [5, 5.41) is 9.62. The predicted molar refractivity (Wildman–Crippen MR) is 93.7 cm³/mol. The highest BCUT2D eigenvalue weighted by molar-refractivity contribution is 7.89. The van der Waals surface area contributed by atoms with Crippen molar-refractivity contribution < 1.29 is 22.7 Å². The van der Waals surface area contributed by atoms with E-state index < -0.39 is 28.0 Å². The summed E-state index contributed by atoms with van der Waals surface area (Å²) in [6, 6.07) is 6.64. The molecule has 0 bridgehead atoms. The number of hydrogen-bond acceptors (Lipinski definition) is 5. The quantitative estimate of drug-likeness (QED) is 0.803. The zero-order chi connectivity index (χ0) is 18.9. The highest BCUT2D eigenvalue weighted by Crippen LogP contribution is 2.39. The molecule has 1 fully saturated rings. The maximum absolute atomic E-state index is 13.8. The number of rotatable bonds is 6. The van der Waals surface area contributed by atoms with E-state index in [1.165, 1.54) is 19.2 Å². The van der Waals surface area contributed by atoms with Gasteiger partial charge in [-0.15, -0.1) is 0 Å². The summed E-state index contributed by atoms with van der Waals surface area (Å²) in [7, 11) is -2.44. The van der Waals surface area contributed by atoms with Gasteiger partial charge in [-0.2, -0.15) is 0 Å². The number of ether oxygens (including phenoxy) is 1. The van der Waals surface area contributed by atoms with Gasteiger partial charge in [0.05, 0.1) is 24.2 Å². The van der Waals surface area contributed by atoms with Crippen LogP contribution in [0.3, 0.4) is 0 Å². The minimum Gasteiger partial charge on any atom is -0.481 e. The normalized spacial score (nSPS) is 21.1. The molecule has 0 saturated heterocycles. The van der Waals surface area contributed by atoms with Gasteiger partial charge in [0.1, 0.15) is 5.82 Å². The van der Waals surface area contributed by atoms with E-state index in [1.54, 1.807) is 25.3 Å². The fourth-order valence-corrected chi connectivity index (χ4v) is 4.32. The van der Waals surface area contributed by atoms with Crippen LogP contribution in [0.4, 0.5) is 4.39 Å². The van der Waals surface area contributed by atoms with Crippen LogP contribution in [0.1, 0.15) is 30.0 Å². The molecule has 1 aromatic heterocycles. The molecule has 26 heavy (non-hydrogen) atoms. The summed E-state index contributed by atoms with van der Waals surface area (Å²) in [6.07, 6.45) is 2.09. The summed E-state index contributed by atoms with van der Waals surface area (Å²) in [5.41, 5.74) is 1.04. The Kier molecular flexibility index (Phi) is 5.27. The second kappa shape index (κ2) is 7.30. The molecule has 2 N–H and O–H groups in total. The second-order valence-corrected chi connectivity index (χ2v) is 8.24. The summed E-state index contributed by atoms with van der Waals surface area (Å²) < 4.78 is 47.0. The molecule has 2 aromatic rings. The lowest BCUT2D eigenvalue weighted by Gasteiger charge is -2.38. The lowest BCUT2D eigenvalue weighted by atomic mass is 9.76. The van der Waals surface area contributed by atoms with Crippen LogP contribution in [0.25, 0.3) is 0 Å². The fourth-order valence-electron chi connectivity index (χ4n) is 3.01. The smallest absolute Gasteiger partial charge is 0.241 e. The van der Waals surface area contributed by atoms with E-state index in [-0.39, 0.29) is 10.8 Å². The number of nitrogens with zero attached hydrogens (tertiary/aromatic N) is 1. The van der Waals surface area contributed by atoms with Gasteiger partial charge in [0, 0.05) is 12.3 Å². The number of halogens is 1. The third-order valence-corrected chi connectivity index (χ3v) is 6.12. The molecule has 6 nitrogen and oxygen atoms in total. The Morgan fingerprint density at radius 3 is 2.58 bits per heavy atom. The van der Waals surface area contributed by atoms with Crippen molar-refractivity contribution in [2.45, 2.75) is 36.8 Å². The molecule has 1 unspecified atom stereocenters. The molecule has 0 amide bonds. The number of sulfonamides is 1. The summed E-state index contributed by atoms with van der Waals surface area (Å²) in [6.45, 7) is 1.57. The number of aliphatic hydroxyl groups is 1. The number of aromatic nitrogens is 1. The number of pyridine rings is 1. The summed E-state index contributed by atoms with van der Waals surface area (Å²) in [4.78, 5) is 3.99. The van der Waals surface area contributed by atoms with Crippen molar-refractivity contribution in [2.75, 3.05) is 7.11 Å². The van der Waals surface area contributed by atoms with Crippen LogP contribution < -0.4 is 9.46 Å². The van der Waals surface area contributed by atoms with Crippen molar-refractivity contribution in [3.8, 4) is 5.88 Å². The molecule has 1 saturated carbocycles. The highest BCUT2D eigenvalue weighted by atomic mass is 32.2. The summed E-state index contributed by atoms with van der Waals surface area (Å²) in [5.74, 6) is -0.218. The first kappa shape index (κ1) is 18.8. The molecule has 1 aliphatic rings. The lowest BCUT2D eigenvalue weighted by molar-refractivity contribution is 0.0279.